The minimum Gasteiger partial charge on any atom is -0.338 e. The highest BCUT2D eigenvalue weighted by molar-refractivity contribution is 5.73. The van der Waals surface area contributed by atoms with Gasteiger partial charge in [-0.15, -0.1) is 0 Å². The SMILES string of the molecule is CCCCNC(=O)NCCCCNCC. The summed E-state index contributed by atoms with van der Waals surface area (Å²) in [5.41, 5.74) is 0. The maximum atomic E-state index is 11.2. The summed E-state index contributed by atoms with van der Waals surface area (Å²) in [4.78, 5) is 11.2. The third kappa shape index (κ3) is 11.2. The molecule has 3 N–H and O–H groups in total. The molecule has 4 nitrogen and oxygen atoms in total. The van der Waals surface area contributed by atoms with Crippen LogP contribution in [0.3, 0.4) is 0 Å². The Balaban J connectivity index is 3.10. The Hall–Kier alpha value is -0.770. The summed E-state index contributed by atoms with van der Waals surface area (Å²) < 4.78 is 0. The molecule has 0 aromatic carbocycles. The van der Waals surface area contributed by atoms with Gasteiger partial charge in [0, 0.05) is 13.1 Å². The first-order chi connectivity index (χ1) is 7.31. The van der Waals surface area contributed by atoms with E-state index in [0.717, 1.165) is 51.9 Å². The third-order valence-electron chi connectivity index (χ3n) is 2.13. The fraction of sp³-hybridized carbons (Fsp3) is 0.909. The van der Waals surface area contributed by atoms with Crippen LogP contribution in [0.1, 0.15) is 39.5 Å². The zero-order valence-corrected chi connectivity index (χ0v) is 10.1. The second-order valence-electron chi connectivity index (χ2n) is 3.60. The van der Waals surface area contributed by atoms with E-state index in [2.05, 4.69) is 29.8 Å². The van der Waals surface area contributed by atoms with Crippen LogP contribution in [0.2, 0.25) is 0 Å². The molecule has 0 rings (SSSR count). The van der Waals surface area contributed by atoms with E-state index in [1.807, 2.05) is 0 Å². The maximum absolute atomic E-state index is 11.2. The van der Waals surface area contributed by atoms with Gasteiger partial charge in [-0.2, -0.15) is 0 Å². The Morgan fingerprint density at radius 3 is 2.13 bits per heavy atom. The van der Waals surface area contributed by atoms with Gasteiger partial charge in [0.05, 0.1) is 0 Å². The lowest BCUT2D eigenvalue weighted by Crippen LogP contribution is -2.36. The van der Waals surface area contributed by atoms with Crippen LogP contribution in [0.25, 0.3) is 0 Å². The molecule has 0 aromatic heterocycles. The lowest BCUT2D eigenvalue weighted by molar-refractivity contribution is 0.240. The van der Waals surface area contributed by atoms with Crippen LogP contribution >= 0.6 is 0 Å². The number of carbonyl (C=O) groups excluding carboxylic acids is 1. The summed E-state index contributed by atoms with van der Waals surface area (Å²) >= 11 is 0. The first kappa shape index (κ1) is 14.2. The van der Waals surface area contributed by atoms with Crippen LogP contribution in [-0.2, 0) is 0 Å². The summed E-state index contributed by atoms with van der Waals surface area (Å²) in [6.45, 7) is 7.81. The molecular weight excluding hydrogens is 190 g/mol. The van der Waals surface area contributed by atoms with Crippen molar-refractivity contribution in [2.75, 3.05) is 26.2 Å². The monoisotopic (exact) mass is 215 g/mol. The minimum atomic E-state index is -0.0353. The second-order valence-corrected chi connectivity index (χ2v) is 3.60. The van der Waals surface area contributed by atoms with Crippen LogP contribution in [0, 0.1) is 0 Å². The topological polar surface area (TPSA) is 53.2 Å². The van der Waals surface area contributed by atoms with Gasteiger partial charge in [0.2, 0.25) is 0 Å². The van der Waals surface area contributed by atoms with Crippen molar-refractivity contribution in [2.24, 2.45) is 0 Å². The van der Waals surface area contributed by atoms with Crippen molar-refractivity contribution >= 4 is 6.03 Å². The van der Waals surface area contributed by atoms with E-state index in [1.165, 1.54) is 0 Å². The summed E-state index contributed by atoms with van der Waals surface area (Å²) in [6, 6.07) is -0.0353. The van der Waals surface area contributed by atoms with Gasteiger partial charge in [-0.1, -0.05) is 20.3 Å². The summed E-state index contributed by atoms with van der Waals surface area (Å²) in [5, 5.41) is 8.91. The highest BCUT2D eigenvalue weighted by Gasteiger charge is 1.96. The van der Waals surface area contributed by atoms with Crippen LogP contribution in [-0.4, -0.2) is 32.2 Å². The molecule has 0 aliphatic carbocycles. The van der Waals surface area contributed by atoms with Gasteiger partial charge in [0.15, 0.2) is 0 Å². The third-order valence-corrected chi connectivity index (χ3v) is 2.13. The van der Waals surface area contributed by atoms with E-state index in [4.69, 9.17) is 0 Å². The molecule has 0 saturated heterocycles. The molecule has 15 heavy (non-hydrogen) atoms. The van der Waals surface area contributed by atoms with Crippen molar-refractivity contribution in [1.29, 1.82) is 0 Å². The first-order valence-electron chi connectivity index (χ1n) is 6.03. The van der Waals surface area contributed by atoms with Crippen LogP contribution in [0.4, 0.5) is 4.79 Å². The molecule has 4 heteroatoms. The Morgan fingerprint density at radius 2 is 1.53 bits per heavy atom. The number of nitrogens with one attached hydrogen (secondary N) is 3. The Morgan fingerprint density at radius 1 is 0.933 bits per heavy atom. The van der Waals surface area contributed by atoms with E-state index in [1.54, 1.807) is 0 Å². The maximum Gasteiger partial charge on any atom is 0.314 e. The van der Waals surface area contributed by atoms with Gasteiger partial charge in [-0.05, 0) is 32.4 Å². The number of hydrogen-bond donors (Lipinski definition) is 3. The van der Waals surface area contributed by atoms with Gasteiger partial charge < -0.3 is 16.0 Å². The van der Waals surface area contributed by atoms with Crippen LogP contribution in [0.15, 0.2) is 0 Å². The first-order valence-corrected chi connectivity index (χ1v) is 6.03. The molecule has 0 fully saturated rings. The van der Waals surface area contributed by atoms with E-state index in [-0.39, 0.29) is 6.03 Å². The minimum absolute atomic E-state index is 0.0353. The molecule has 0 saturated carbocycles. The number of unbranched alkanes of at least 4 members (excludes halogenated alkanes) is 2. The van der Waals surface area contributed by atoms with E-state index < -0.39 is 0 Å². The number of carbonyl (C=O) groups is 1. The number of amides is 2. The van der Waals surface area contributed by atoms with Gasteiger partial charge in [-0.3, -0.25) is 0 Å². The number of urea groups is 1. The van der Waals surface area contributed by atoms with Crippen molar-refractivity contribution in [1.82, 2.24) is 16.0 Å². The smallest absolute Gasteiger partial charge is 0.314 e. The average molecular weight is 215 g/mol. The van der Waals surface area contributed by atoms with Crippen molar-refractivity contribution in [2.45, 2.75) is 39.5 Å². The second kappa shape index (κ2) is 11.3. The zero-order chi connectivity index (χ0) is 11.4. The highest BCUT2D eigenvalue weighted by Crippen LogP contribution is 1.85. The molecule has 0 bridgehead atoms. The van der Waals surface area contributed by atoms with Crippen molar-refractivity contribution < 1.29 is 4.79 Å². The molecule has 0 radical (unpaired) electrons. The Kier molecular flexibility index (Phi) is 10.7. The largest absolute Gasteiger partial charge is 0.338 e. The fourth-order valence-electron chi connectivity index (χ4n) is 1.19. The van der Waals surface area contributed by atoms with E-state index in [0.29, 0.717) is 0 Å². The Labute approximate surface area is 93.2 Å². The van der Waals surface area contributed by atoms with Gasteiger partial charge >= 0.3 is 6.03 Å². The fourth-order valence-corrected chi connectivity index (χ4v) is 1.19. The molecule has 0 atom stereocenters. The predicted molar refractivity (Wildman–Crippen MR) is 64.1 cm³/mol. The normalized spacial score (nSPS) is 10.0. The quantitative estimate of drug-likeness (QED) is 0.510. The average Bonchev–Trinajstić information content (AvgIpc) is 2.23. The highest BCUT2D eigenvalue weighted by atomic mass is 16.2. The van der Waals surface area contributed by atoms with E-state index in [9.17, 15) is 4.79 Å². The lowest BCUT2D eigenvalue weighted by Gasteiger charge is -2.06. The molecule has 0 unspecified atom stereocenters. The molecular formula is C11H25N3O. The number of hydrogen-bond acceptors (Lipinski definition) is 2. The van der Waals surface area contributed by atoms with E-state index >= 15 is 0 Å². The van der Waals surface area contributed by atoms with Crippen LogP contribution < -0.4 is 16.0 Å². The molecule has 0 aliphatic rings. The van der Waals surface area contributed by atoms with Crippen LogP contribution in [0.5, 0.6) is 0 Å². The predicted octanol–water partition coefficient (Wildman–Crippen LogP) is 1.48. The van der Waals surface area contributed by atoms with Gasteiger partial charge in [0.25, 0.3) is 0 Å². The standard InChI is InChI=1S/C11H25N3O/c1-3-5-9-13-11(15)14-10-7-6-8-12-4-2/h12H,3-10H2,1-2H3,(H2,13,14,15). The molecule has 2 amide bonds. The van der Waals surface area contributed by atoms with Crippen molar-refractivity contribution in [3.05, 3.63) is 0 Å². The Bertz CT molecular complexity index is 151. The van der Waals surface area contributed by atoms with Gasteiger partial charge in [0.1, 0.15) is 0 Å². The summed E-state index contributed by atoms with van der Waals surface area (Å²) in [5.74, 6) is 0. The molecule has 0 aromatic rings. The molecule has 0 aliphatic heterocycles. The zero-order valence-electron chi connectivity index (χ0n) is 10.1. The van der Waals surface area contributed by atoms with Crippen molar-refractivity contribution in [3.63, 3.8) is 0 Å². The summed E-state index contributed by atoms with van der Waals surface area (Å²) in [7, 11) is 0. The molecule has 0 heterocycles. The number of rotatable bonds is 9. The molecule has 90 valence electrons. The van der Waals surface area contributed by atoms with Crippen molar-refractivity contribution in [3.8, 4) is 0 Å². The lowest BCUT2D eigenvalue weighted by atomic mass is 10.3. The molecule has 0 spiro atoms. The van der Waals surface area contributed by atoms with Gasteiger partial charge in [-0.25, -0.2) is 4.79 Å². The summed E-state index contributed by atoms with van der Waals surface area (Å²) in [6.07, 6.45) is 4.31.